The van der Waals surface area contributed by atoms with Gasteiger partial charge in [0.25, 0.3) is 5.69 Å². The lowest BCUT2D eigenvalue weighted by Crippen LogP contribution is -2.36. The number of rotatable bonds is 5. The smallest absolute Gasteiger partial charge is 0.325 e. The predicted octanol–water partition coefficient (Wildman–Crippen LogP) is 3.29. The lowest BCUT2D eigenvalue weighted by molar-refractivity contribution is -0.384. The summed E-state index contributed by atoms with van der Waals surface area (Å²) in [6.07, 6.45) is 0. The van der Waals surface area contributed by atoms with Gasteiger partial charge in [0.05, 0.1) is 22.1 Å². The normalized spacial score (nSPS) is 10.5. The molecular weight excluding hydrogens is 307 g/mol. The van der Waals surface area contributed by atoms with Crippen molar-refractivity contribution in [3.63, 3.8) is 0 Å². The lowest BCUT2D eigenvalue weighted by Gasteiger charge is -2.27. The number of nitro groups is 1. The summed E-state index contributed by atoms with van der Waals surface area (Å²) in [6.45, 7) is 3.48. The number of halogens is 2. The molecule has 0 atom stereocenters. The summed E-state index contributed by atoms with van der Waals surface area (Å²) in [6, 6.07) is 2.39. The summed E-state index contributed by atoms with van der Waals surface area (Å²) < 4.78 is 4.60. The Morgan fingerprint density at radius 3 is 2.40 bits per heavy atom. The van der Waals surface area contributed by atoms with Gasteiger partial charge in [-0.05, 0) is 19.9 Å². The molecule has 0 amide bonds. The van der Waals surface area contributed by atoms with E-state index in [0.717, 1.165) is 0 Å². The summed E-state index contributed by atoms with van der Waals surface area (Å²) in [5.41, 5.74) is 0.0156. The first-order chi connectivity index (χ1) is 9.27. The van der Waals surface area contributed by atoms with Crippen LogP contribution in [0.2, 0.25) is 10.0 Å². The second kappa shape index (κ2) is 6.76. The first-order valence-electron chi connectivity index (χ1n) is 5.74. The third-order valence-corrected chi connectivity index (χ3v) is 3.40. The molecule has 0 saturated carbocycles. The number of ether oxygens (including phenoxy) is 1. The molecule has 0 aliphatic carbocycles. The molecule has 1 rings (SSSR count). The van der Waals surface area contributed by atoms with Crippen molar-refractivity contribution in [2.24, 2.45) is 0 Å². The fourth-order valence-electron chi connectivity index (χ4n) is 1.65. The van der Waals surface area contributed by atoms with Crippen LogP contribution < -0.4 is 4.90 Å². The number of hydrogen-bond acceptors (Lipinski definition) is 5. The fourth-order valence-corrected chi connectivity index (χ4v) is 1.97. The SMILES string of the molecule is COC(=O)CN(c1cc(Cl)c(Cl)cc1[N+](=O)[O-])C(C)C. The number of methoxy groups -OCH3 is 1. The zero-order valence-corrected chi connectivity index (χ0v) is 12.7. The van der Waals surface area contributed by atoms with Gasteiger partial charge in [-0.1, -0.05) is 23.2 Å². The molecule has 8 heteroatoms. The van der Waals surface area contributed by atoms with Gasteiger partial charge < -0.3 is 9.64 Å². The van der Waals surface area contributed by atoms with E-state index in [1.54, 1.807) is 13.8 Å². The summed E-state index contributed by atoms with van der Waals surface area (Å²) in [5.74, 6) is -0.501. The first-order valence-corrected chi connectivity index (χ1v) is 6.50. The maximum absolute atomic E-state index is 11.4. The van der Waals surface area contributed by atoms with E-state index in [1.807, 2.05) is 0 Å². The lowest BCUT2D eigenvalue weighted by atomic mass is 10.2. The standard InChI is InChI=1S/C12H14Cl2N2O4/c1-7(2)15(6-12(17)20-3)10-4-8(13)9(14)5-11(10)16(18)19/h4-5,7H,6H2,1-3H3. The van der Waals surface area contributed by atoms with Crippen LogP contribution in [0.5, 0.6) is 0 Å². The van der Waals surface area contributed by atoms with E-state index in [0.29, 0.717) is 0 Å². The van der Waals surface area contributed by atoms with Gasteiger partial charge in [0.2, 0.25) is 0 Å². The van der Waals surface area contributed by atoms with Crippen LogP contribution in [0, 0.1) is 10.1 Å². The van der Waals surface area contributed by atoms with Crippen molar-refractivity contribution >= 4 is 40.5 Å². The molecule has 0 fully saturated rings. The van der Waals surface area contributed by atoms with Crippen LogP contribution in [0.25, 0.3) is 0 Å². The highest BCUT2D eigenvalue weighted by molar-refractivity contribution is 6.42. The molecule has 0 aliphatic rings. The fraction of sp³-hybridized carbons (Fsp3) is 0.417. The van der Waals surface area contributed by atoms with Gasteiger partial charge in [0, 0.05) is 12.1 Å². The molecule has 0 aromatic heterocycles. The first kappa shape index (κ1) is 16.5. The molecule has 20 heavy (non-hydrogen) atoms. The predicted molar refractivity (Wildman–Crippen MR) is 77.6 cm³/mol. The second-order valence-electron chi connectivity index (χ2n) is 4.31. The molecular formula is C12H14Cl2N2O4. The van der Waals surface area contributed by atoms with Gasteiger partial charge in [-0.25, -0.2) is 0 Å². The molecule has 0 saturated heterocycles. The maximum atomic E-state index is 11.4. The van der Waals surface area contributed by atoms with Crippen molar-refractivity contribution in [1.29, 1.82) is 0 Å². The van der Waals surface area contributed by atoms with E-state index in [4.69, 9.17) is 23.2 Å². The van der Waals surface area contributed by atoms with Crippen LogP contribution >= 0.6 is 23.2 Å². The van der Waals surface area contributed by atoms with Crippen molar-refractivity contribution in [2.75, 3.05) is 18.6 Å². The number of hydrogen-bond donors (Lipinski definition) is 0. The van der Waals surface area contributed by atoms with Crippen LogP contribution in [-0.2, 0) is 9.53 Å². The summed E-state index contributed by atoms with van der Waals surface area (Å²) in [4.78, 5) is 23.5. The van der Waals surface area contributed by atoms with E-state index in [1.165, 1.54) is 24.1 Å². The number of carbonyl (C=O) groups is 1. The molecule has 1 aromatic rings. The number of anilines is 1. The Labute approximate surface area is 126 Å². The van der Waals surface area contributed by atoms with Crippen LogP contribution in [0.1, 0.15) is 13.8 Å². The molecule has 0 bridgehead atoms. The van der Waals surface area contributed by atoms with Crippen LogP contribution in [0.15, 0.2) is 12.1 Å². The Bertz CT molecular complexity index is 534. The van der Waals surface area contributed by atoms with E-state index < -0.39 is 10.9 Å². The van der Waals surface area contributed by atoms with Gasteiger partial charge in [0.1, 0.15) is 12.2 Å². The Morgan fingerprint density at radius 1 is 1.40 bits per heavy atom. The Morgan fingerprint density at radius 2 is 1.95 bits per heavy atom. The second-order valence-corrected chi connectivity index (χ2v) is 5.12. The number of esters is 1. The van der Waals surface area contributed by atoms with Crippen molar-refractivity contribution in [3.05, 3.63) is 32.3 Å². The zero-order chi connectivity index (χ0) is 15.4. The highest BCUT2D eigenvalue weighted by Crippen LogP contribution is 2.37. The minimum atomic E-state index is -0.565. The molecule has 0 radical (unpaired) electrons. The van der Waals surface area contributed by atoms with Crippen LogP contribution in [0.4, 0.5) is 11.4 Å². The number of carbonyl (C=O) groups excluding carboxylic acids is 1. The summed E-state index contributed by atoms with van der Waals surface area (Å²) in [7, 11) is 1.25. The molecule has 0 N–H and O–H groups in total. The van der Waals surface area contributed by atoms with Crippen LogP contribution in [0.3, 0.4) is 0 Å². The number of nitrogens with zero attached hydrogens (tertiary/aromatic N) is 2. The highest BCUT2D eigenvalue weighted by Gasteiger charge is 2.25. The molecule has 0 heterocycles. The average Bonchev–Trinajstić information content (AvgIpc) is 2.37. The Kier molecular flexibility index (Phi) is 5.59. The monoisotopic (exact) mass is 320 g/mol. The van der Waals surface area contributed by atoms with Crippen molar-refractivity contribution in [2.45, 2.75) is 19.9 Å². The topological polar surface area (TPSA) is 72.7 Å². The van der Waals surface area contributed by atoms with Crippen LogP contribution in [-0.4, -0.2) is 30.6 Å². The third-order valence-electron chi connectivity index (χ3n) is 2.67. The van der Waals surface area contributed by atoms with E-state index >= 15 is 0 Å². The van der Waals surface area contributed by atoms with Crippen molar-refractivity contribution < 1.29 is 14.5 Å². The Balaban J connectivity index is 3.35. The highest BCUT2D eigenvalue weighted by atomic mass is 35.5. The van der Waals surface area contributed by atoms with Gasteiger partial charge in [-0.3, -0.25) is 14.9 Å². The molecule has 0 spiro atoms. The van der Waals surface area contributed by atoms with Crippen molar-refractivity contribution in [3.8, 4) is 0 Å². The zero-order valence-electron chi connectivity index (χ0n) is 11.2. The van der Waals surface area contributed by atoms with Gasteiger partial charge >= 0.3 is 5.97 Å². The molecule has 1 aromatic carbocycles. The summed E-state index contributed by atoms with van der Waals surface area (Å²) in [5, 5.41) is 11.4. The minimum Gasteiger partial charge on any atom is -0.468 e. The van der Waals surface area contributed by atoms with E-state index in [-0.39, 0.29) is 34.0 Å². The molecule has 110 valence electrons. The maximum Gasteiger partial charge on any atom is 0.325 e. The Hall–Kier alpha value is -1.53. The third kappa shape index (κ3) is 3.74. The number of nitro benzene ring substituents is 1. The average molecular weight is 321 g/mol. The molecule has 0 aliphatic heterocycles. The summed E-state index contributed by atoms with van der Waals surface area (Å²) >= 11 is 11.7. The van der Waals surface area contributed by atoms with Gasteiger partial charge in [0.15, 0.2) is 0 Å². The van der Waals surface area contributed by atoms with E-state index in [9.17, 15) is 14.9 Å². The molecule has 0 unspecified atom stereocenters. The van der Waals surface area contributed by atoms with Crippen molar-refractivity contribution in [1.82, 2.24) is 0 Å². The van der Waals surface area contributed by atoms with Gasteiger partial charge in [-0.2, -0.15) is 0 Å². The quantitative estimate of drug-likeness (QED) is 0.473. The minimum absolute atomic E-state index is 0.0869. The van der Waals surface area contributed by atoms with E-state index in [2.05, 4.69) is 4.74 Å². The number of benzene rings is 1. The largest absolute Gasteiger partial charge is 0.468 e. The molecule has 6 nitrogen and oxygen atoms in total. The van der Waals surface area contributed by atoms with Gasteiger partial charge in [-0.15, -0.1) is 0 Å².